The third-order valence-electron chi connectivity index (χ3n) is 10.2. The minimum absolute atomic E-state index is 0.00301. The minimum atomic E-state index is -3.45. The number of carbonyl (C=O) groups is 6. The third-order valence-corrected chi connectivity index (χ3v) is 11.5. The normalized spacial score (nSPS) is 14.6. The Kier molecular flexibility index (Phi) is 18.9. The van der Waals surface area contributed by atoms with Crippen molar-refractivity contribution in [3.63, 3.8) is 0 Å². The number of hydrogen-bond donors (Lipinski definition) is 6. The van der Waals surface area contributed by atoms with Crippen LogP contribution in [0.15, 0.2) is 60.8 Å². The highest BCUT2D eigenvalue weighted by Gasteiger charge is 2.46. The maximum absolute atomic E-state index is 13.2. The van der Waals surface area contributed by atoms with Crippen molar-refractivity contribution >= 4 is 62.7 Å². The van der Waals surface area contributed by atoms with E-state index in [0.29, 0.717) is 74.8 Å². The molecule has 0 aliphatic carbocycles. The molecule has 0 bridgehead atoms. The summed E-state index contributed by atoms with van der Waals surface area (Å²) in [5.74, 6) is -3.36. The zero-order valence-electron chi connectivity index (χ0n) is 37.6. The molecule has 4 aromatic rings. The molecule has 0 spiro atoms. The fourth-order valence-electron chi connectivity index (χ4n) is 6.79. The lowest BCUT2D eigenvalue weighted by Gasteiger charge is -2.27. The van der Waals surface area contributed by atoms with E-state index in [9.17, 15) is 37.2 Å². The van der Waals surface area contributed by atoms with Gasteiger partial charge in [0.05, 0.1) is 88.6 Å². The highest BCUT2D eigenvalue weighted by atomic mass is 32.2. The van der Waals surface area contributed by atoms with Crippen LogP contribution in [0.1, 0.15) is 50.8 Å². The van der Waals surface area contributed by atoms with Crippen molar-refractivity contribution in [2.75, 3.05) is 102 Å². The van der Waals surface area contributed by atoms with Crippen LogP contribution >= 0.6 is 0 Å². The summed E-state index contributed by atoms with van der Waals surface area (Å²) in [4.78, 5) is 79.9. The smallest absolute Gasteiger partial charge is 0.266 e. The lowest BCUT2D eigenvalue weighted by molar-refractivity contribution is -0.136. The van der Waals surface area contributed by atoms with Crippen molar-refractivity contribution in [1.29, 1.82) is 0 Å². The summed E-state index contributed by atoms with van der Waals surface area (Å²) < 4.78 is 65.1. The number of rotatable bonds is 30. The molecule has 24 nitrogen and oxygen atoms in total. The number of nitrogens with one attached hydrogen (secondary N) is 5. The highest BCUT2D eigenvalue weighted by Crippen LogP contribution is 2.34. The fraction of sp³-hybridized carbons (Fsp3) is 0.409. The molecule has 2 aromatic carbocycles. The van der Waals surface area contributed by atoms with Crippen molar-refractivity contribution in [2.45, 2.75) is 25.8 Å². The Balaban J connectivity index is 0.741. The average molecular weight is 980 g/mol. The number of carbonyl (C=O) groups excluding carboxylic acids is 6. The topological polar surface area (TPSA) is 320 Å². The van der Waals surface area contributed by atoms with E-state index in [1.165, 1.54) is 31.3 Å². The van der Waals surface area contributed by atoms with Gasteiger partial charge >= 0.3 is 0 Å². The van der Waals surface area contributed by atoms with Crippen molar-refractivity contribution in [3.8, 4) is 22.9 Å². The number of aromatic amines is 1. The predicted octanol–water partition coefficient (Wildman–Crippen LogP) is 1.13. The van der Waals surface area contributed by atoms with Gasteiger partial charge in [0, 0.05) is 42.2 Å². The van der Waals surface area contributed by atoms with Gasteiger partial charge in [-0.3, -0.25) is 48.8 Å². The zero-order valence-corrected chi connectivity index (χ0v) is 38.4. The van der Waals surface area contributed by atoms with Crippen LogP contribution in [0.5, 0.6) is 11.6 Å². The SMILES string of the molecule is CCS(=O)(=O)Nc1ccc(-c2[nH]nc(Nc3ccnc(OCCOCCOCCOCCOCCOCCNC(=O)COc4cccc5c4C(=O)N(C4CCC(=O)NC4=O)C5=O)c3)c2C(N)=O)cc1. The number of hydrogen-bond acceptors (Lipinski definition) is 18. The number of ether oxygens (including phenoxy) is 7. The van der Waals surface area contributed by atoms with E-state index in [1.54, 1.807) is 36.4 Å². The van der Waals surface area contributed by atoms with Gasteiger partial charge in [0.2, 0.25) is 27.7 Å². The predicted molar refractivity (Wildman–Crippen MR) is 244 cm³/mol. The second-order valence-corrected chi connectivity index (χ2v) is 17.0. The highest BCUT2D eigenvalue weighted by molar-refractivity contribution is 7.92. The van der Waals surface area contributed by atoms with Crippen LogP contribution in [0.25, 0.3) is 11.3 Å². The number of piperidine rings is 1. The second kappa shape index (κ2) is 25.4. The van der Waals surface area contributed by atoms with Crippen LogP contribution in [0.2, 0.25) is 0 Å². The van der Waals surface area contributed by atoms with Crippen molar-refractivity contribution < 1.29 is 70.3 Å². The van der Waals surface area contributed by atoms with E-state index in [0.717, 1.165) is 4.90 Å². The molecule has 1 unspecified atom stereocenters. The van der Waals surface area contributed by atoms with E-state index >= 15 is 0 Å². The molecule has 7 N–H and O–H groups in total. The summed E-state index contributed by atoms with van der Waals surface area (Å²) in [5, 5.41) is 14.9. The van der Waals surface area contributed by atoms with E-state index in [-0.39, 0.29) is 79.8 Å². The third kappa shape index (κ3) is 14.7. The molecule has 370 valence electrons. The average Bonchev–Trinajstić information content (AvgIpc) is 3.86. The van der Waals surface area contributed by atoms with E-state index < -0.39 is 58.1 Å². The van der Waals surface area contributed by atoms with E-state index in [2.05, 4.69) is 35.9 Å². The molecule has 2 aromatic heterocycles. The Hall–Kier alpha value is -7.03. The molecule has 1 saturated heterocycles. The molecule has 69 heavy (non-hydrogen) atoms. The Morgan fingerprint density at radius 3 is 2.10 bits per heavy atom. The van der Waals surface area contributed by atoms with Gasteiger partial charge in [-0.15, -0.1) is 0 Å². The number of anilines is 3. The number of aromatic nitrogens is 3. The number of H-pyrrole nitrogens is 1. The molecule has 6 rings (SSSR count). The number of nitrogens with zero attached hydrogens (tertiary/aromatic N) is 3. The van der Waals surface area contributed by atoms with Gasteiger partial charge in [0.1, 0.15) is 24.0 Å². The standard InChI is InChI=1S/C44H53N9O15S/c1-2-69(60,61)52-29-8-6-28(7-9-29)39-38(40(45)56)41(51-50-39)48-30-12-13-47-36(26-30)67-25-24-66-23-22-65-21-20-64-19-18-63-17-16-62-15-14-46-35(55)27-68-33-5-3-4-31-37(33)44(59)53(43(31)58)32-10-11-34(54)49-42(32)57/h3-9,12-13,26,32,52H,2,10-11,14-25,27H2,1H3,(H2,45,56)(H,46,55)(H,49,54,57)(H2,47,48,50,51). The minimum Gasteiger partial charge on any atom is -0.483 e. The van der Waals surface area contributed by atoms with Crippen LogP contribution in [-0.4, -0.2) is 162 Å². The number of imide groups is 2. The summed E-state index contributed by atoms with van der Waals surface area (Å²) in [6, 6.07) is 13.0. The van der Waals surface area contributed by atoms with Crippen LogP contribution < -0.4 is 35.9 Å². The first kappa shape index (κ1) is 51.4. The fourth-order valence-corrected chi connectivity index (χ4v) is 7.43. The number of pyridine rings is 1. The number of primary amides is 1. The van der Waals surface area contributed by atoms with Crippen molar-refractivity contribution in [1.82, 2.24) is 30.7 Å². The number of benzene rings is 2. The van der Waals surface area contributed by atoms with Crippen LogP contribution in [0.3, 0.4) is 0 Å². The molecule has 2 aliphatic heterocycles. The number of fused-ring (bicyclic) bond motifs is 1. The van der Waals surface area contributed by atoms with E-state index in [1.807, 2.05) is 0 Å². The van der Waals surface area contributed by atoms with Crippen molar-refractivity contribution in [3.05, 3.63) is 77.5 Å². The zero-order chi connectivity index (χ0) is 49.2. The van der Waals surface area contributed by atoms with Crippen LogP contribution in [0.4, 0.5) is 17.2 Å². The first-order valence-corrected chi connectivity index (χ1v) is 23.5. The van der Waals surface area contributed by atoms with Gasteiger partial charge < -0.3 is 49.5 Å². The second-order valence-electron chi connectivity index (χ2n) is 15.0. The number of amides is 6. The Morgan fingerprint density at radius 1 is 0.812 bits per heavy atom. The molecule has 25 heteroatoms. The molecule has 1 atom stereocenters. The molecular formula is C44H53N9O15S. The summed E-state index contributed by atoms with van der Waals surface area (Å²) >= 11 is 0. The maximum Gasteiger partial charge on any atom is 0.266 e. The Labute approximate surface area is 396 Å². The first-order valence-electron chi connectivity index (χ1n) is 21.8. The summed E-state index contributed by atoms with van der Waals surface area (Å²) in [6.45, 7) is 4.72. The summed E-state index contributed by atoms with van der Waals surface area (Å²) in [7, 11) is -3.45. The molecular weight excluding hydrogens is 927 g/mol. The van der Waals surface area contributed by atoms with Gasteiger partial charge in [-0.25, -0.2) is 13.4 Å². The molecule has 6 amide bonds. The number of sulfonamides is 1. The summed E-state index contributed by atoms with van der Waals surface area (Å²) in [5.41, 5.74) is 7.65. The monoisotopic (exact) mass is 979 g/mol. The number of nitrogens with two attached hydrogens (primary N) is 1. The van der Waals surface area contributed by atoms with Gasteiger partial charge in [0.25, 0.3) is 23.6 Å². The van der Waals surface area contributed by atoms with Crippen molar-refractivity contribution in [2.24, 2.45) is 5.73 Å². The quantitative estimate of drug-likeness (QED) is 0.0315. The molecule has 0 radical (unpaired) electrons. The molecule has 0 saturated carbocycles. The van der Waals surface area contributed by atoms with Gasteiger partial charge in [-0.05, 0) is 43.7 Å². The molecule has 4 heterocycles. The van der Waals surface area contributed by atoms with Crippen LogP contribution in [-0.2, 0) is 48.1 Å². The largest absolute Gasteiger partial charge is 0.483 e. The lowest BCUT2D eigenvalue weighted by Crippen LogP contribution is -2.54. The maximum atomic E-state index is 13.2. The van der Waals surface area contributed by atoms with Gasteiger partial charge in [-0.2, -0.15) is 5.10 Å². The van der Waals surface area contributed by atoms with Gasteiger partial charge in [-0.1, -0.05) is 18.2 Å². The lowest BCUT2D eigenvalue weighted by atomic mass is 10.0. The van der Waals surface area contributed by atoms with E-state index in [4.69, 9.17) is 38.9 Å². The molecule has 1 fully saturated rings. The first-order chi connectivity index (χ1) is 33.3. The summed E-state index contributed by atoms with van der Waals surface area (Å²) in [6.07, 6.45) is 1.54. The van der Waals surface area contributed by atoms with Crippen LogP contribution in [0, 0.1) is 0 Å². The Bertz CT molecular complexity index is 2560. The molecule has 2 aliphatic rings. The van der Waals surface area contributed by atoms with Gasteiger partial charge in [0.15, 0.2) is 12.4 Å². The Morgan fingerprint density at radius 2 is 1.46 bits per heavy atom.